The number of ether oxygens (including phenoxy) is 1. The van der Waals surface area contributed by atoms with Gasteiger partial charge >= 0.3 is 5.97 Å². The van der Waals surface area contributed by atoms with Gasteiger partial charge in [-0.3, -0.25) is 9.59 Å². The second-order valence-electron chi connectivity index (χ2n) is 3.74. The van der Waals surface area contributed by atoms with E-state index in [1.165, 1.54) is 7.11 Å². The molecular formula is C10H14N2O3. The van der Waals surface area contributed by atoms with Crippen LogP contribution in [0.4, 0.5) is 0 Å². The molecular weight excluding hydrogens is 196 g/mol. The number of likely N-dealkylation sites (tertiary alicyclic amines) is 1. The standard InChI is InChI=1S/C10H14N2O3/c1-7-5-12(9(13)3-4-11)6-8(7)10(14)15-2/h7-8H,3,5-6H2,1-2H3. The van der Waals surface area contributed by atoms with Crippen LogP contribution in [0.25, 0.3) is 0 Å². The van der Waals surface area contributed by atoms with Crippen LogP contribution in [0.2, 0.25) is 0 Å². The molecule has 1 saturated heterocycles. The molecule has 0 radical (unpaired) electrons. The van der Waals surface area contributed by atoms with E-state index in [4.69, 9.17) is 5.26 Å². The van der Waals surface area contributed by atoms with E-state index in [-0.39, 0.29) is 30.1 Å². The highest BCUT2D eigenvalue weighted by molar-refractivity contribution is 5.80. The van der Waals surface area contributed by atoms with Crippen LogP contribution in [-0.4, -0.2) is 37.0 Å². The van der Waals surface area contributed by atoms with Gasteiger partial charge in [0, 0.05) is 13.1 Å². The summed E-state index contributed by atoms with van der Waals surface area (Å²) in [5, 5.41) is 8.40. The molecule has 1 heterocycles. The first-order valence-corrected chi connectivity index (χ1v) is 4.82. The highest BCUT2D eigenvalue weighted by Crippen LogP contribution is 2.24. The van der Waals surface area contributed by atoms with Crippen molar-refractivity contribution in [2.45, 2.75) is 13.3 Å². The maximum Gasteiger partial charge on any atom is 0.310 e. The van der Waals surface area contributed by atoms with Crippen molar-refractivity contribution in [2.75, 3.05) is 20.2 Å². The molecule has 1 aliphatic rings. The zero-order valence-electron chi connectivity index (χ0n) is 8.90. The SMILES string of the molecule is COC(=O)C1CN(C(=O)CC#N)CC1C. The predicted molar refractivity (Wildman–Crippen MR) is 51.5 cm³/mol. The summed E-state index contributed by atoms with van der Waals surface area (Å²) in [5.74, 6) is -0.650. The van der Waals surface area contributed by atoms with E-state index in [1.807, 2.05) is 13.0 Å². The smallest absolute Gasteiger partial charge is 0.310 e. The molecule has 0 aliphatic carbocycles. The topological polar surface area (TPSA) is 70.4 Å². The predicted octanol–water partition coefficient (Wildman–Crippen LogP) is 0.168. The zero-order valence-corrected chi connectivity index (χ0v) is 8.90. The lowest BCUT2D eigenvalue weighted by Crippen LogP contribution is -2.29. The number of carbonyl (C=O) groups is 2. The third kappa shape index (κ3) is 2.46. The summed E-state index contributed by atoms with van der Waals surface area (Å²) < 4.78 is 4.65. The number of esters is 1. The molecule has 5 nitrogen and oxygen atoms in total. The Labute approximate surface area is 88.6 Å². The summed E-state index contributed by atoms with van der Waals surface area (Å²) in [4.78, 5) is 24.3. The van der Waals surface area contributed by atoms with Gasteiger partial charge in [0.25, 0.3) is 0 Å². The first-order valence-electron chi connectivity index (χ1n) is 4.82. The average Bonchev–Trinajstić information content (AvgIpc) is 2.60. The quantitative estimate of drug-likeness (QED) is 0.609. The molecule has 0 aromatic carbocycles. The Hall–Kier alpha value is -1.57. The molecule has 0 N–H and O–H groups in total. The number of amides is 1. The Morgan fingerprint density at radius 2 is 2.20 bits per heavy atom. The van der Waals surface area contributed by atoms with Gasteiger partial charge in [0.15, 0.2) is 0 Å². The van der Waals surface area contributed by atoms with Gasteiger partial charge in [0.2, 0.25) is 5.91 Å². The number of hydrogen-bond acceptors (Lipinski definition) is 4. The number of hydrogen-bond donors (Lipinski definition) is 0. The van der Waals surface area contributed by atoms with Gasteiger partial charge < -0.3 is 9.64 Å². The molecule has 0 aromatic rings. The van der Waals surface area contributed by atoms with Gasteiger partial charge in [-0.2, -0.15) is 5.26 Å². The fourth-order valence-electron chi connectivity index (χ4n) is 1.81. The normalized spacial score (nSPS) is 24.7. The Morgan fingerprint density at radius 3 is 2.73 bits per heavy atom. The number of nitrogens with zero attached hydrogens (tertiary/aromatic N) is 2. The monoisotopic (exact) mass is 210 g/mol. The van der Waals surface area contributed by atoms with Crippen LogP contribution >= 0.6 is 0 Å². The molecule has 1 fully saturated rings. The highest BCUT2D eigenvalue weighted by atomic mass is 16.5. The minimum Gasteiger partial charge on any atom is -0.469 e. The number of rotatable bonds is 2. The largest absolute Gasteiger partial charge is 0.469 e. The molecule has 0 saturated carbocycles. The van der Waals surface area contributed by atoms with Crippen molar-refractivity contribution in [3.8, 4) is 6.07 Å². The van der Waals surface area contributed by atoms with Crippen molar-refractivity contribution in [3.63, 3.8) is 0 Å². The fraction of sp³-hybridized carbons (Fsp3) is 0.700. The van der Waals surface area contributed by atoms with E-state index in [1.54, 1.807) is 4.90 Å². The zero-order chi connectivity index (χ0) is 11.4. The van der Waals surface area contributed by atoms with E-state index in [0.717, 1.165) is 0 Å². The van der Waals surface area contributed by atoms with Crippen LogP contribution in [0.15, 0.2) is 0 Å². The van der Waals surface area contributed by atoms with E-state index in [0.29, 0.717) is 13.1 Å². The van der Waals surface area contributed by atoms with E-state index < -0.39 is 0 Å². The maximum atomic E-state index is 11.4. The van der Waals surface area contributed by atoms with Crippen LogP contribution in [0.3, 0.4) is 0 Å². The van der Waals surface area contributed by atoms with Gasteiger partial charge in [-0.1, -0.05) is 6.92 Å². The van der Waals surface area contributed by atoms with Crippen molar-refractivity contribution >= 4 is 11.9 Å². The Kier molecular flexibility index (Phi) is 3.67. The van der Waals surface area contributed by atoms with Crippen LogP contribution in [0.1, 0.15) is 13.3 Å². The summed E-state index contributed by atoms with van der Waals surface area (Å²) >= 11 is 0. The van der Waals surface area contributed by atoms with Crippen molar-refractivity contribution in [1.82, 2.24) is 4.90 Å². The Bertz CT molecular complexity index is 308. The van der Waals surface area contributed by atoms with Crippen LogP contribution in [-0.2, 0) is 14.3 Å². The molecule has 5 heteroatoms. The second-order valence-corrected chi connectivity index (χ2v) is 3.74. The average molecular weight is 210 g/mol. The van der Waals surface area contributed by atoms with Gasteiger partial charge in [-0.05, 0) is 5.92 Å². The van der Waals surface area contributed by atoms with E-state index >= 15 is 0 Å². The molecule has 0 bridgehead atoms. The van der Waals surface area contributed by atoms with Gasteiger partial charge in [-0.25, -0.2) is 0 Å². The lowest BCUT2D eigenvalue weighted by molar-refractivity contribution is -0.146. The summed E-state index contributed by atoms with van der Waals surface area (Å²) in [5.41, 5.74) is 0. The molecule has 0 spiro atoms. The summed E-state index contributed by atoms with van der Waals surface area (Å²) in [6.45, 7) is 2.80. The van der Waals surface area contributed by atoms with Crippen molar-refractivity contribution in [1.29, 1.82) is 5.26 Å². The third-order valence-electron chi connectivity index (χ3n) is 2.70. The van der Waals surface area contributed by atoms with Gasteiger partial charge in [0.05, 0.1) is 19.1 Å². The molecule has 15 heavy (non-hydrogen) atoms. The lowest BCUT2D eigenvalue weighted by Gasteiger charge is -2.13. The van der Waals surface area contributed by atoms with Crippen LogP contribution in [0.5, 0.6) is 0 Å². The minimum absolute atomic E-state index is 0.0973. The van der Waals surface area contributed by atoms with Crippen molar-refractivity contribution in [2.24, 2.45) is 11.8 Å². The maximum absolute atomic E-state index is 11.4. The first-order chi connectivity index (χ1) is 7.10. The van der Waals surface area contributed by atoms with E-state index in [9.17, 15) is 9.59 Å². The number of carbonyl (C=O) groups excluding carboxylic acids is 2. The highest BCUT2D eigenvalue weighted by Gasteiger charge is 2.37. The molecule has 2 unspecified atom stereocenters. The Balaban J connectivity index is 2.60. The molecule has 82 valence electrons. The molecule has 0 aromatic heterocycles. The summed E-state index contributed by atoms with van der Waals surface area (Å²) in [6.07, 6.45) is -0.124. The minimum atomic E-state index is -0.283. The fourth-order valence-corrected chi connectivity index (χ4v) is 1.81. The van der Waals surface area contributed by atoms with Gasteiger partial charge in [0.1, 0.15) is 6.42 Å². The number of methoxy groups -OCH3 is 1. The first kappa shape index (κ1) is 11.5. The Morgan fingerprint density at radius 1 is 1.53 bits per heavy atom. The van der Waals surface area contributed by atoms with E-state index in [2.05, 4.69) is 4.74 Å². The molecule has 1 rings (SSSR count). The van der Waals surface area contributed by atoms with Crippen molar-refractivity contribution < 1.29 is 14.3 Å². The molecule has 1 aliphatic heterocycles. The second kappa shape index (κ2) is 4.78. The molecule has 2 atom stereocenters. The van der Waals surface area contributed by atoms with Crippen molar-refractivity contribution in [3.05, 3.63) is 0 Å². The van der Waals surface area contributed by atoms with Gasteiger partial charge in [-0.15, -0.1) is 0 Å². The summed E-state index contributed by atoms with van der Waals surface area (Å²) in [6, 6.07) is 1.81. The lowest BCUT2D eigenvalue weighted by atomic mass is 9.99. The summed E-state index contributed by atoms with van der Waals surface area (Å²) in [7, 11) is 1.34. The third-order valence-corrected chi connectivity index (χ3v) is 2.70. The number of nitriles is 1. The van der Waals surface area contributed by atoms with Crippen LogP contribution < -0.4 is 0 Å². The molecule has 1 amide bonds. The van der Waals surface area contributed by atoms with Crippen LogP contribution in [0, 0.1) is 23.2 Å².